The van der Waals surface area contributed by atoms with Crippen LogP contribution in [0.2, 0.25) is 10.0 Å². The Morgan fingerprint density at radius 2 is 2.12 bits per heavy atom. The summed E-state index contributed by atoms with van der Waals surface area (Å²) in [7, 11) is -4.22. The number of aromatic nitrogens is 2. The van der Waals surface area contributed by atoms with E-state index in [2.05, 4.69) is 4.98 Å². The molecule has 3 heterocycles. The zero-order valence-corrected chi connectivity index (χ0v) is 19.5. The number of alkyl halides is 2. The molecule has 0 radical (unpaired) electrons. The van der Waals surface area contributed by atoms with Crippen LogP contribution in [0, 0.1) is 6.92 Å². The van der Waals surface area contributed by atoms with E-state index in [1.165, 1.54) is 13.0 Å². The van der Waals surface area contributed by atoms with Crippen LogP contribution in [0.25, 0.3) is 0 Å². The first-order chi connectivity index (χ1) is 15.5. The normalized spacial score (nSPS) is 31.6. The van der Waals surface area contributed by atoms with Gasteiger partial charge in [-0.25, -0.2) is 9.36 Å². The summed E-state index contributed by atoms with van der Waals surface area (Å²) in [5.74, 6) is -3.85. The van der Waals surface area contributed by atoms with E-state index in [-0.39, 0.29) is 6.61 Å². The summed E-state index contributed by atoms with van der Waals surface area (Å²) in [4.78, 5) is 15.6. The van der Waals surface area contributed by atoms with Gasteiger partial charge in [0.15, 0.2) is 6.10 Å². The molecule has 2 saturated heterocycles. The fourth-order valence-electron chi connectivity index (χ4n) is 3.50. The van der Waals surface area contributed by atoms with Crippen LogP contribution in [0.5, 0.6) is 0 Å². The predicted octanol–water partition coefficient (Wildman–Crippen LogP) is 4.06. The summed E-state index contributed by atoms with van der Waals surface area (Å²) in [6, 6.07) is 6.02. The van der Waals surface area contributed by atoms with Crippen LogP contribution in [0.4, 0.5) is 8.78 Å². The van der Waals surface area contributed by atoms with Crippen LogP contribution < -0.4 is 5.69 Å². The van der Waals surface area contributed by atoms with Crippen molar-refractivity contribution in [2.24, 2.45) is 0 Å². The molecule has 0 aliphatic carbocycles. The quantitative estimate of drug-likeness (QED) is 0.581. The number of ether oxygens (including phenoxy) is 1. The molecule has 1 aromatic heterocycles. The molecular weight excluding hydrogens is 508 g/mol. The smallest absolute Gasteiger partial charge is 0.384 e. The summed E-state index contributed by atoms with van der Waals surface area (Å²) in [5, 5.41) is 10.8. The fraction of sp³-hybridized carbons (Fsp3) is 0.474. The summed E-state index contributed by atoms with van der Waals surface area (Å²) < 4.78 is 63.8. The standard InChI is InChI=1S/C19H19Cl2F2N2O7P/c1-10-4-6-25(18(27)24-10)17-19(22,23)16(26)15(31-17)9-30-33(28)29-7-5-14(32-33)12-8-11(20)2-3-13(12)21/h2-4,6,8,14-17,26H,5,7,9H2,1H3/t14-,15-,16-,17-,33?/m1/s1. The van der Waals surface area contributed by atoms with Crippen molar-refractivity contribution in [1.82, 2.24) is 9.55 Å². The van der Waals surface area contributed by atoms with Crippen LogP contribution in [-0.2, 0) is 22.9 Å². The van der Waals surface area contributed by atoms with Crippen LogP contribution in [0.3, 0.4) is 0 Å². The van der Waals surface area contributed by atoms with Crippen LogP contribution in [-0.4, -0.2) is 46.0 Å². The van der Waals surface area contributed by atoms with Crippen LogP contribution in [0.1, 0.15) is 30.0 Å². The average molecular weight is 527 g/mol. The molecule has 14 heteroatoms. The molecule has 0 bridgehead atoms. The molecule has 2 aliphatic heterocycles. The minimum Gasteiger partial charge on any atom is -0.384 e. The average Bonchev–Trinajstić information content (AvgIpc) is 2.97. The van der Waals surface area contributed by atoms with Gasteiger partial charge in [-0.05, 0) is 31.2 Å². The van der Waals surface area contributed by atoms with Gasteiger partial charge < -0.3 is 9.84 Å². The lowest BCUT2D eigenvalue weighted by Crippen LogP contribution is -2.42. The summed E-state index contributed by atoms with van der Waals surface area (Å²) in [5.41, 5.74) is -0.176. The highest BCUT2D eigenvalue weighted by molar-refractivity contribution is 7.48. The third-order valence-corrected chi connectivity index (χ3v) is 7.25. The fourth-order valence-corrected chi connectivity index (χ4v) is 5.30. The maximum Gasteiger partial charge on any atom is 0.475 e. The van der Waals surface area contributed by atoms with E-state index in [0.29, 0.717) is 32.3 Å². The Hall–Kier alpha value is -1.43. The number of aliphatic hydroxyl groups excluding tert-OH is 1. The van der Waals surface area contributed by atoms with Crippen molar-refractivity contribution < 1.29 is 36.8 Å². The predicted molar refractivity (Wildman–Crippen MR) is 113 cm³/mol. The molecule has 1 N–H and O–H groups in total. The van der Waals surface area contributed by atoms with Gasteiger partial charge in [0, 0.05) is 33.9 Å². The van der Waals surface area contributed by atoms with E-state index >= 15 is 0 Å². The summed E-state index contributed by atoms with van der Waals surface area (Å²) >= 11 is 12.2. The molecule has 5 atom stereocenters. The molecule has 1 unspecified atom stereocenters. The minimum absolute atomic E-state index is 0.0257. The van der Waals surface area contributed by atoms with E-state index in [1.54, 1.807) is 18.2 Å². The Morgan fingerprint density at radius 1 is 1.36 bits per heavy atom. The first-order valence-corrected chi connectivity index (χ1v) is 12.0. The molecule has 0 saturated carbocycles. The number of hydrogen-bond donors (Lipinski definition) is 1. The van der Waals surface area contributed by atoms with Crippen molar-refractivity contribution in [3.63, 3.8) is 0 Å². The number of phosphoric ester groups is 1. The topological polar surface area (TPSA) is 109 Å². The lowest BCUT2D eigenvalue weighted by Gasteiger charge is -2.30. The largest absolute Gasteiger partial charge is 0.475 e. The number of aryl methyl sites for hydroxylation is 1. The highest BCUT2D eigenvalue weighted by atomic mass is 35.5. The van der Waals surface area contributed by atoms with E-state index in [1.807, 2.05) is 0 Å². The highest BCUT2D eigenvalue weighted by Crippen LogP contribution is 2.58. The maximum absolute atomic E-state index is 14.7. The molecule has 33 heavy (non-hydrogen) atoms. The molecule has 0 amide bonds. The minimum atomic E-state index is -4.22. The zero-order valence-electron chi connectivity index (χ0n) is 17.1. The third kappa shape index (κ3) is 5.01. The molecule has 4 rings (SSSR count). The molecule has 180 valence electrons. The Labute approximate surface area is 196 Å². The first-order valence-electron chi connectivity index (χ1n) is 9.80. The number of aliphatic hydroxyl groups is 1. The van der Waals surface area contributed by atoms with Crippen LogP contribution in [0.15, 0.2) is 35.3 Å². The van der Waals surface area contributed by atoms with Crippen LogP contribution >= 0.6 is 31.0 Å². The van der Waals surface area contributed by atoms with Crippen molar-refractivity contribution in [2.45, 2.75) is 43.8 Å². The number of halogens is 4. The second-order valence-electron chi connectivity index (χ2n) is 7.53. The lowest BCUT2D eigenvalue weighted by molar-refractivity contribution is -0.141. The summed E-state index contributed by atoms with van der Waals surface area (Å²) in [6.07, 6.45) is -5.52. The molecule has 0 spiro atoms. The van der Waals surface area contributed by atoms with Gasteiger partial charge in [0.1, 0.15) is 6.10 Å². The second kappa shape index (κ2) is 9.31. The van der Waals surface area contributed by atoms with Gasteiger partial charge in [-0.15, -0.1) is 0 Å². The molecule has 9 nitrogen and oxygen atoms in total. The van der Waals surface area contributed by atoms with E-state index in [0.717, 1.165) is 6.20 Å². The van der Waals surface area contributed by atoms with Crippen molar-refractivity contribution >= 4 is 31.0 Å². The number of phosphoric acid groups is 1. The molecule has 1 aromatic carbocycles. The number of benzene rings is 1. The first kappa shape index (κ1) is 24.7. The third-order valence-electron chi connectivity index (χ3n) is 5.19. The van der Waals surface area contributed by atoms with Crippen molar-refractivity contribution in [3.8, 4) is 0 Å². The molecule has 2 aliphatic rings. The van der Waals surface area contributed by atoms with Crippen molar-refractivity contribution in [2.75, 3.05) is 13.2 Å². The number of hydrogen-bond acceptors (Lipinski definition) is 8. The SMILES string of the molecule is Cc1ccn([C@@H]2O[C@H](COP3(=O)OCC[C@H](c4cc(Cl)ccc4Cl)O3)[C@@H](O)C2(F)F)c(=O)n1. The highest BCUT2D eigenvalue weighted by Gasteiger charge is 2.60. The van der Waals surface area contributed by atoms with Crippen molar-refractivity contribution in [3.05, 3.63) is 62.2 Å². The molecule has 2 fully saturated rings. The van der Waals surface area contributed by atoms with Gasteiger partial charge in [-0.1, -0.05) is 23.2 Å². The summed E-state index contributed by atoms with van der Waals surface area (Å²) in [6.45, 7) is 0.743. The van der Waals surface area contributed by atoms with Crippen molar-refractivity contribution in [1.29, 1.82) is 0 Å². The molecular formula is C19H19Cl2F2N2O7P. The van der Waals surface area contributed by atoms with Gasteiger partial charge in [-0.2, -0.15) is 13.8 Å². The van der Waals surface area contributed by atoms with Gasteiger partial charge in [0.05, 0.1) is 19.3 Å². The number of rotatable bonds is 5. The van der Waals surface area contributed by atoms with E-state index in [9.17, 15) is 23.2 Å². The van der Waals surface area contributed by atoms with E-state index < -0.39 is 50.6 Å². The Bertz CT molecular complexity index is 1150. The second-order valence-corrected chi connectivity index (χ2v) is 10.00. The van der Waals surface area contributed by atoms with Gasteiger partial charge >= 0.3 is 19.4 Å². The Kier molecular flexibility index (Phi) is 6.97. The maximum atomic E-state index is 14.7. The zero-order chi connectivity index (χ0) is 24.0. The monoisotopic (exact) mass is 526 g/mol. The van der Waals surface area contributed by atoms with E-state index in [4.69, 9.17) is 41.5 Å². The van der Waals surface area contributed by atoms with Gasteiger partial charge in [-0.3, -0.25) is 18.1 Å². The number of nitrogens with zero attached hydrogens (tertiary/aromatic N) is 2. The Morgan fingerprint density at radius 3 is 2.85 bits per heavy atom. The lowest BCUT2D eigenvalue weighted by atomic mass is 10.1. The molecule has 2 aromatic rings. The van der Waals surface area contributed by atoms with Gasteiger partial charge in [0.25, 0.3) is 0 Å². The Balaban J connectivity index is 1.47. The van der Waals surface area contributed by atoms with Gasteiger partial charge in [0.2, 0.25) is 6.23 Å².